The molecule has 0 aliphatic heterocycles. The highest BCUT2D eigenvalue weighted by Crippen LogP contribution is 2.25. The summed E-state index contributed by atoms with van der Waals surface area (Å²) in [5.41, 5.74) is 4.21. The third-order valence-electron chi connectivity index (χ3n) is 4.40. The van der Waals surface area contributed by atoms with E-state index >= 15 is 0 Å². The van der Waals surface area contributed by atoms with Crippen molar-refractivity contribution in [3.63, 3.8) is 0 Å². The lowest BCUT2D eigenvalue weighted by Gasteiger charge is -2.12. The van der Waals surface area contributed by atoms with E-state index < -0.39 is 0 Å². The van der Waals surface area contributed by atoms with Crippen LogP contribution in [0, 0.1) is 11.3 Å². The molecule has 5 nitrogen and oxygen atoms in total. The first-order valence-electron chi connectivity index (χ1n) is 9.30. The average molecular weight is 377 g/mol. The third kappa shape index (κ3) is 4.57. The SMILES string of the molecule is N#Cc1ccccc1Nc1cc(-c2ccccc2)nc(NCc2ccccc2)n1. The van der Waals surface area contributed by atoms with E-state index in [0.717, 1.165) is 16.8 Å². The van der Waals surface area contributed by atoms with Crippen molar-refractivity contribution in [3.05, 3.63) is 102 Å². The number of rotatable bonds is 6. The van der Waals surface area contributed by atoms with Crippen molar-refractivity contribution >= 4 is 17.5 Å². The predicted octanol–water partition coefficient (Wildman–Crippen LogP) is 5.37. The first kappa shape index (κ1) is 18.2. The van der Waals surface area contributed by atoms with Crippen LogP contribution < -0.4 is 10.6 Å². The van der Waals surface area contributed by atoms with Crippen LogP contribution in [0.1, 0.15) is 11.1 Å². The number of anilines is 3. The summed E-state index contributed by atoms with van der Waals surface area (Å²) in [6.45, 7) is 0.618. The van der Waals surface area contributed by atoms with Crippen LogP contribution in [0.3, 0.4) is 0 Å². The highest BCUT2D eigenvalue weighted by atomic mass is 15.1. The van der Waals surface area contributed by atoms with E-state index in [0.29, 0.717) is 29.6 Å². The molecule has 1 heterocycles. The zero-order chi connectivity index (χ0) is 19.9. The van der Waals surface area contributed by atoms with Crippen molar-refractivity contribution in [2.45, 2.75) is 6.54 Å². The van der Waals surface area contributed by atoms with Crippen LogP contribution in [0.2, 0.25) is 0 Å². The number of nitrogens with one attached hydrogen (secondary N) is 2. The minimum absolute atomic E-state index is 0.521. The standard InChI is InChI=1S/C24H19N5/c25-16-20-13-7-8-14-21(20)27-23-15-22(19-11-5-2-6-12-19)28-24(29-23)26-17-18-9-3-1-4-10-18/h1-15H,17H2,(H2,26,27,28,29). The minimum atomic E-state index is 0.521. The number of para-hydroxylation sites is 1. The molecule has 0 radical (unpaired) electrons. The highest BCUT2D eigenvalue weighted by molar-refractivity contribution is 5.70. The van der Waals surface area contributed by atoms with Gasteiger partial charge in [0.05, 0.1) is 16.9 Å². The Kier molecular flexibility index (Phi) is 5.45. The van der Waals surface area contributed by atoms with Gasteiger partial charge in [-0.25, -0.2) is 4.98 Å². The second kappa shape index (κ2) is 8.68. The molecule has 0 saturated heterocycles. The van der Waals surface area contributed by atoms with Gasteiger partial charge in [0.15, 0.2) is 0 Å². The molecule has 4 rings (SSSR count). The van der Waals surface area contributed by atoms with Gasteiger partial charge in [-0.3, -0.25) is 0 Å². The van der Waals surface area contributed by atoms with Crippen molar-refractivity contribution < 1.29 is 0 Å². The summed E-state index contributed by atoms with van der Waals surface area (Å²) in [5, 5.41) is 15.9. The van der Waals surface area contributed by atoms with E-state index in [1.807, 2.05) is 72.8 Å². The van der Waals surface area contributed by atoms with Crippen molar-refractivity contribution in [1.29, 1.82) is 5.26 Å². The number of hydrogen-bond donors (Lipinski definition) is 2. The lowest BCUT2D eigenvalue weighted by atomic mass is 10.1. The van der Waals surface area contributed by atoms with Crippen LogP contribution in [0.4, 0.5) is 17.5 Å². The molecule has 0 aliphatic carbocycles. The Morgan fingerprint density at radius 3 is 2.24 bits per heavy atom. The largest absolute Gasteiger partial charge is 0.350 e. The highest BCUT2D eigenvalue weighted by Gasteiger charge is 2.09. The number of hydrogen-bond acceptors (Lipinski definition) is 5. The fraction of sp³-hybridized carbons (Fsp3) is 0.0417. The second-order valence-electron chi connectivity index (χ2n) is 6.45. The van der Waals surface area contributed by atoms with Gasteiger partial charge in [0, 0.05) is 18.2 Å². The van der Waals surface area contributed by atoms with Crippen LogP contribution in [0.5, 0.6) is 0 Å². The van der Waals surface area contributed by atoms with Crippen LogP contribution in [0.25, 0.3) is 11.3 Å². The lowest BCUT2D eigenvalue weighted by Crippen LogP contribution is -2.06. The molecule has 0 aliphatic rings. The smallest absolute Gasteiger partial charge is 0.225 e. The van der Waals surface area contributed by atoms with Crippen LogP contribution in [-0.4, -0.2) is 9.97 Å². The molecule has 0 unspecified atom stereocenters. The van der Waals surface area contributed by atoms with Crippen molar-refractivity contribution in [3.8, 4) is 17.3 Å². The van der Waals surface area contributed by atoms with E-state index in [1.54, 1.807) is 6.07 Å². The Morgan fingerprint density at radius 2 is 1.48 bits per heavy atom. The van der Waals surface area contributed by atoms with E-state index in [2.05, 4.69) is 38.8 Å². The number of nitriles is 1. The molecular weight excluding hydrogens is 358 g/mol. The topological polar surface area (TPSA) is 73.6 Å². The third-order valence-corrected chi connectivity index (χ3v) is 4.40. The molecule has 29 heavy (non-hydrogen) atoms. The van der Waals surface area contributed by atoms with Gasteiger partial charge >= 0.3 is 0 Å². The molecule has 5 heteroatoms. The van der Waals surface area contributed by atoms with Crippen molar-refractivity contribution in [2.75, 3.05) is 10.6 Å². The van der Waals surface area contributed by atoms with Gasteiger partial charge in [-0.05, 0) is 17.7 Å². The van der Waals surface area contributed by atoms with E-state index in [9.17, 15) is 5.26 Å². The van der Waals surface area contributed by atoms with Gasteiger partial charge in [0.2, 0.25) is 5.95 Å². The van der Waals surface area contributed by atoms with E-state index in [-0.39, 0.29) is 0 Å². The molecule has 3 aromatic carbocycles. The molecule has 4 aromatic rings. The molecule has 0 fully saturated rings. The Labute approximate surface area is 169 Å². The van der Waals surface area contributed by atoms with E-state index in [4.69, 9.17) is 0 Å². The number of nitrogens with zero attached hydrogens (tertiary/aromatic N) is 3. The molecule has 0 amide bonds. The first-order chi connectivity index (χ1) is 14.3. The molecule has 0 bridgehead atoms. The fourth-order valence-corrected chi connectivity index (χ4v) is 2.95. The summed E-state index contributed by atoms with van der Waals surface area (Å²) in [4.78, 5) is 9.28. The summed E-state index contributed by atoms with van der Waals surface area (Å²) in [5.74, 6) is 1.14. The normalized spacial score (nSPS) is 10.2. The molecule has 0 saturated carbocycles. The lowest BCUT2D eigenvalue weighted by molar-refractivity contribution is 1.06. The van der Waals surface area contributed by atoms with Crippen molar-refractivity contribution in [1.82, 2.24) is 9.97 Å². The summed E-state index contributed by atoms with van der Waals surface area (Å²) in [7, 11) is 0. The number of aromatic nitrogens is 2. The van der Waals surface area contributed by atoms with Gasteiger partial charge in [0.25, 0.3) is 0 Å². The first-order valence-corrected chi connectivity index (χ1v) is 9.30. The fourth-order valence-electron chi connectivity index (χ4n) is 2.95. The summed E-state index contributed by atoms with van der Waals surface area (Å²) >= 11 is 0. The van der Waals surface area contributed by atoms with Crippen LogP contribution in [0.15, 0.2) is 91.0 Å². The monoisotopic (exact) mass is 377 g/mol. The van der Waals surface area contributed by atoms with Gasteiger partial charge < -0.3 is 10.6 Å². The molecular formula is C24H19N5. The Bertz CT molecular complexity index is 1130. The quantitative estimate of drug-likeness (QED) is 0.472. The van der Waals surface area contributed by atoms with Gasteiger partial charge in [-0.15, -0.1) is 0 Å². The van der Waals surface area contributed by atoms with Crippen molar-refractivity contribution in [2.24, 2.45) is 0 Å². The Hall–Kier alpha value is -4.17. The Morgan fingerprint density at radius 1 is 0.793 bits per heavy atom. The molecule has 1 aromatic heterocycles. The summed E-state index contributed by atoms with van der Waals surface area (Å²) in [6.07, 6.45) is 0. The minimum Gasteiger partial charge on any atom is -0.350 e. The Balaban J connectivity index is 1.67. The summed E-state index contributed by atoms with van der Waals surface area (Å²) in [6, 6.07) is 31.5. The molecule has 140 valence electrons. The average Bonchev–Trinajstić information content (AvgIpc) is 2.79. The maximum atomic E-state index is 9.36. The van der Waals surface area contributed by atoms with E-state index in [1.165, 1.54) is 0 Å². The van der Waals surface area contributed by atoms with Crippen LogP contribution >= 0.6 is 0 Å². The molecule has 2 N–H and O–H groups in total. The maximum Gasteiger partial charge on any atom is 0.225 e. The number of benzene rings is 3. The second-order valence-corrected chi connectivity index (χ2v) is 6.45. The van der Waals surface area contributed by atoms with Crippen LogP contribution in [-0.2, 0) is 6.54 Å². The zero-order valence-electron chi connectivity index (χ0n) is 15.7. The predicted molar refractivity (Wildman–Crippen MR) is 116 cm³/mol. The molecule has 0 spiro atoms. The maximum absolute atomic E-state index is 9.36. The zero-order valence-corrected chi connectivity index (χ0v) is 15.7. The van der Waals surface area contributed by atoms with Gasteiger partial charge in [-0.1, -0.05) is 72.8 Å². The van der Waals surface area contributed by atoms with Gasteiger partial charge in [0.1, 0.15) is 11.9 Å². The molecule has 0 atom stereocenters. The summed E-state index contributed by atoms with van der Waals surface area (Å²) < 4.78 is 0. The van der Waals surface area contributed by atoms with Gasteiger partial charge in [-0.2, -0.15) is 10.2 Å².